The van der Waals surface area contributed by atoms with Crippen LogP contribution in [0.5, 0.6) is 5.75 Å². The summed E-state index contributed by atoms with van der Waals surface area (Å²) in [5.41, 5.74) is -0.365. The molecule has 1 aromatic carbocycles. The summed E-state index contributed by atoms with van der Waals surface area (Å²) in [6, 6.07) is 5.53. The highest BCUT2D eigenvalue weighted by Gasteiger charge is 2.29. The Morgan fingerprint density at radius 3 is 2.48 bits per heavy atom. The second-order valence-corrected chi connectivity index (χ2v) is 6.78. The van der Waals surface area contributed by atoms with E-state index in [1.165, 1.54) is 19.1 Å². The van der Waals surface area contributed by atoms with E-state index in [9.17, 15) is 19.7 Å². The summed E-state index contributed by atoms with van der Waals surface area (Å²) in [6.07, 6.45) is 2.29. The third-order valence-corrected chi connectivity index (χ3v) is 4.75. The minimum Gasteiger partial charge on any atom is -0.487 e. The van der Waals surface area contributed by atoms with Crippen LogP contribution in [0.25, 0.3) is 0 Å². The number of nitrogens with zero attached hydrogens (tertiary/aromatic N) is 5. The Kier molecular flexibility index (Phi) is 6.96. The molecule has 0 spiro atoms. The highest BCUT2D eigenvalue weighted by molar-refractivity contribution is 5.93. The first kappa shape index (κ1) is 21.9. The number of carbonyl (C=O) groups is 2. The van der Waals surface area contributed by atoms with Gasteiger partial charge >= 0.3 is 11.7 Å². The fourth-order valence-corrected chi connectivity index (χ4v) is 3.18. The van der Waals surface area contributed by atoms with Crippen LogP contribution in [0.15, 0.2) is 36.7 Å². The van der Waals surface area contributed by atoms with Gasteiger partial charge in [0.05, 0.1) is 17.1 Å². The average Bonchev–Trinajstić information content (AvgIpc) is 2.79. The van der Waals surface area contributed by atoms with Crippen LogP contribution < -0.4 is 9.64 Å². The van der Waals surface area contributed by atoms with E-state index < -0.39 is 17.0 Å². The number of ether oxygens (including phenoxy) is 2. The summed E-state index contributed by atoms with van der Waals surface area (Å²) in [6.45, 7) is 5.42. The number of hydrogen-bond acceptors (Lipinski definition) is 9. The Morgan fingerprint density at radius 1 is 1.19 bits per heavy atom. The van der Waals surface area contributed by atoms with Crippen molar-refractivity contribution in [3.63, 3.8) is 0 Å². The van der Waals surface area contributed by atoms with Gasteiger partial charge in [0.25, 0.3) is 5.91 Å². The topological polar surface area (TPSA) is 128 Å². The van der Waals surface area contributed by atoms with E-state index in [1.54, 1.807) is 30.3 Å². The Bertz CT molecular complexity index is 946. The van der Waals surface area contributed by atoms with Crippen LogP contribution in [0.4, 0.5) is 11.6 Å². The SMILES string of the molecule is CCOc1ccc(C(=O)OC(C)C(=O)N2CCN(c3ncccn3)CC2)cc1[N+](=O)[O-]. The molecule has 0 saturated carbocycles. The van der Waals surface area contributed by atoms with E-state index in [-0.39, 0.29) is 29.5 Å². The lowest BCUT2D eigenvalue weighted by Crippen LogP contribution is -2.52. The molecule has 11 nitrogen and oxygen atoms in total. The third-order valence-electron chi connectivity index (χ3n) is 4.75. The largest absolute Gasteiger partial charge is 0.487 e. The average molecular weight is 429 g/mol. The van der Waals surface area contributed by atoms with E-state index in [0.29, 0.717) is 32.1 Å². The molecule has 1 atom stereocenters. The molecule has 0 radical (unpaired) electrons. The van der Waals surface area contributed by atoms with E-state index in [2.05, 4.69) is 9.97 Å². The number of carbonyl (C=O) groups excluding carboxylic acids is 2. The molecule has 11 heteroatoms. The Hall–Kier alpha value is -3.76. The summed E-state index contributed by atoms with van der Waals surface area (Å²) in [5, 5.41) is 11.2. The maximum atomic E-state index is 12.7. The molecule has 1 aliphatic rings. The number of nitro groups is 1. The molecular formula is C20H23N5O6. The maximum absolute atomic E-state index is 12.7. The Morgan fingerprint density at radius 2 is 1.87 bits per heavy atom. The molecule has 2 aromatic rings. The highest BCUT2D eigenvalue weighted by atomic mass is 16.6. The number of piperazine rings is 1. The van der Waals surface area contributed by atoms with Crippen LogP contribution in [0.1, 0.15) is 24.2 Å². The molecule has 1 fully saturated rings. The van der Waals surface area contributed by atoms with Gasteiger partial charge in [0.15, 0.2) is 11.9 Å². The zero-order valence-electron chi connectivity index (χ0n) is 17.3. The number of benzene rings is 1. The van der Waals surface area contributed by atoms with Gasteiger partial charge in [-0.1, -0.05) is 0 Å². The van der Waals surface area contributed by atoms with Crippen molar-refractivity contribution in [3.8, 4) is 5.75 Å². The van der Waals surface area contributed by atoms with Crippen molar-refractivity contribution in [2.45, 2.75) is 20.0 Å². The number of hydrogen-bond donors (Lipinski definition) is 0. The second-order valence-electron chi connectivity index (χ2n) is 6.78. The molecule has 0 N–H and O–H groups in total. The predicted octanol–water partition coefficient (Wildman–Crippen LogP) is 1.68. The van der Waals surface area contributed by atoms with Crippen molar-refractivity contribution < 1.29 is 24.0 Å². The smallest absolute Gasteiger partial charge is 0.339 e. The quantitative estimate of drug-likeness (QED) is 0.367. The van der Waals surface area contributed by atoms with Crippen LogP contribution in [0.3, 0.4) is 0 Å². The minimum atomic E-state index is -1.03. The lowest BCUT2D eigenvalue weighted by atomic mass is 10.2. The summed E-state index contributed by atoms with van der Waals surface area (Å²) in [7, 11) is 0. The number of anilines is 1. The Balaban J connectivity index is 1.59. The second kappa shape index (κ2) is 9.83. The molecule has 1 aromatic heterocycles. The van der Waals surface area contributed by atoms with Crippen molar-refractivity contribution in [1.29, 1.82) is 0 Å². The first-order chi connectivity index (χ1) is 14.9. The predicted molar refractivity (Wildman–Crippen MR) is 110 cm³/mol. The van der Waals surface area contributed by atoms with Crippen molar-refractivity contribution in [2.24, 2.45) is 0 Å². The molecule has 0 bridgehead atoms. The molecule has 164 valence electrons. The van der Waals surface area contributed by atoms with Crippen molar-refractivity contribution in [3.05, 3.63) is 52.3 Å². The zero-order valence-corrected chi connectivity index (χ0v) is 17.3. The van der Waals surface area contributed by atoms with Gasteiger partial charge in [-0.2, -0.15) is 0 Å². The summed E-state index contributed by atoms with van der Waals surface area (Å²) < 4.78 is 10.5. The summed E-state index contributed by atoms with van der Waals surface area (Å²) in [5.74, 6) is -0.481. The van der Waals surface area contributed by atoms with Crippen LogP contribution >= 0.6 is 0 Å². The van der Waals surface area contributed by atoms with Crippen LogP contribution in [0, 0.1) is 10.1 Å². The first-order valence-corrected chi connectivity index (χ1v) is 9.83. The van der Waals surface area contributed by atoms with Gasteiger partial charge in [-0.3, -0.25) is 14.9 Å². The highest BCUT2D eigenvalue weighted by Crippen LogP contribution is 2.28. The number of aromatic nitrogens is 2. The summed E-state index contributed by atoms with van der Waals surface area (Å²) in [4.78, 5) is 47.7. The van der Waals surface area contributed by atoms with Gasteiger partial charge in [-0.05, 0) is 32.0 Å². The lowest BCUT2D eigenvalue weighted by Gasteiger charge is -2.35. The molecule has 1 unspecified atom stereocenters. The van der Waals surface area contributed by atoms with Crippen molar-refractivity contribution in [2.75, 3.05) is 37.7 Å². The molecule has 3 rings (SSSR count). The number of nitro benzene ring substituents is 1. The molecule has 2 heterocycles. The van der Waals surface area contributed by atoms with Crippen LogP contribution in [-0.4, -0.2) is 70.6 Å². The fraction of sp³-hybridized carbons (Fsp3) is 0.400. The Labute approximate surface area is 178 Å². The third kappa shape index (κ3) is 5.24. The van der Waals surface area contributed by atoms with Gasteiger partial charge in [-0.25, -0.2) is 14.8 Å². The maximum Gasteiger partial charge on any atom is 0.339 e. The van der Waals surface area contributed by atoms with E-state index in [4.69, 9.17) is 9.47 Å². The van der Waals surface area contributed by atoms with Gasteiger partial charge in [0.2, 0.25) is 5.95 Å². The normalized spacial score (nSPS) is 14.6. The minimum absolute atomic E-state index is 0.0270. The van der Waals surface area contributed by atoms with Gasteiger partial charge in [-0.15, -0.1) is 0 Å². The van der Waals surface area contributed by atoms with E-state index >= 15 is 0 Å². The number of esters is 1. The van der Waals surface area contributed by atoms with Gasteiger partial charge < -0.3 is 19.3 Å². The van der Waals surface area contributed by atoms with Crippen LogP contribution in [-0.2, 0) is 9.53 Å². The van der Waals surface area contributed by atoms with E-state index in [0.717, 1.165) is 6.07 Å². The lowest BCUT2D eigenvalue weighted by molar-refractivity contribution is -0.385. The number of amides is 1. The van der Waals surface area contributed by atoms with Crippen molar-refractivity contribution in [1.82, 2.24) is 14.9 Å². The van der Waals surface area contributed by atoms with Crippen LogP contribution in [0.2, 0.25) is 0 Å². The van der Waals surface area contributed by atoms with E-state index in [1.807, 2.05) is 4.90 Å². The molecule has 31 heavy (non-hydrogen) atoms. The first-order valence-electron chi connectivity index (χ1n) is 9.83. The van der Waals surface area contributed by atoms with Gasteiger partial charge in [0, 0.05) is 44.6 Å². The van der Waals surface area contributed by atoms with Crippen molar-refractivity contribution >= 4 is 23.5 Å². The molecule has 0 aliphatic carbocycles. The zero-order chi connectivity index (χ0) is 22.4. The molecule has 1 saturated heterocycles. The van der Waals surface area contributed by atoms with Gasteiger partial charge in [0.1, 0.15) is 0 Å². The standard InChI is InChI=1S/C20H23N5O6/c1-3-30-17-6-5-15(13-16(17)25(28)29)19(27)31-14(2)18(26)23-9-11-24(12-10-23)20-21-7-4-8-22-20/h4-8,13-14H,3,9-12H2,1-2H3. The molecular weight excluding hydrogens is 406 g/mol. The fourth-order valence-electron chi connectivity index (χ4n) is 3.18. The monoisotopic (exact) mass is 429 g/mol. The molecule has 1 amide bonds. The summed E-state index contributed by atoms with van der Waals surface area (Å²) >= 11 is 0. The molecule has 1 aliphatic heterocycles. The number of rotatable bonds is 7.